The molecule has 0 saturated heterocycles. The Bertz CT molecular complexity index is 517. The van der Waals surface area contributed by atoms with Crippen molar-refractivity contribution in [2.75, 3.05) is 6.61 Å². The second-order valence-corrected chi connectivity index (χ2v) is 6.74. The van der Waals surface area contributed by atoms with Crippen LogP contribution in [0, 0.1) is 5.92 Å². The number of alkyl carbamates (subject to hydrolysis) is 1. The van der Waals surface area contributed by atoms with Gasteiger partial charge in [0.1, 0.15) is 6.04 Å². The van der Waals surface area contributed by atoms with Crippen LogP contribution in [0.1, 0.15) is 33.3 Å². The molecule has 0 spiro atoms. The van der Waals surface area contributed by atoms with Gasteiger partial charge < -0.3 is 15.4 Å². The summed E-state index contributed by atoms with van der Waals surface area (Å²) in [6, 6.07) is 7.34. The van der Waals surface area contributed by atoms with Crippen LogP contribution in [0.2, 0.25) is 0 Å². The lowest BCUT2D eigenvalue weighted by Crippen LogP contribution is -2.52. The molecule has 1 aromatic carbocycles. The van der Waals surface area contributed by atoms with Crippen molar-refractivity contribution >= 4 is 27.9 Å². The molecule has 1 aromatic rings. The quantitative estimate of drug-likeness (QED) is 0.757. The van der Waals surface area contributed by atoms with Crippen molar-refractivity contribution in [2.45, 2.75) is 46.2 Å². The smallest absolute Gasteiger partial charge is 0.407 e. The van der Waals surface area contributed by atoms with E-state index in [1.165, 1.54) is 0 Å². The van der Waals surface area contributed by atoms with E-state index in [1.54, 1.807) is 6.92 Å². The number of benzene rings is 1. The highest BCUT2D eigenvalue weighted by atomic mass is 79.9. The molecule has 0 fully saturated rings. The van der Waals surface area contributed by atoms with Gasteiger partial charge in [-0.15, -0.1) is 0 Å². The minimum atomic E-state index is -0.610. The Morgan fingerprint density at radius 2 is 1.74 bits per heavy atom. The minimum Gasteiger partial charge on any atom is -0.450 e. The first-order valence-electron chi connectivity index (χ1n) is 7.81. The third-order valence-electron chi connectivity index (χ3n) is 3.34. The van der Waals surface area contributed by atoms with E-state index in [9.17, 15) is 9.59 Å². The highest BCUT2D eigenvalue weighted by molar-refractivity contribution is 9.10. The first-order chi connectivity index (χ1) is 10.8. The van der Waals surface area contributed by atoms with Gasteiger partial charge >= 0.3 is 6.09 Å². The van der Waals surface area contributed by atoms with E-state index in [0.717, 1.165) is 16.5 Å². The van der Waals surface area contributed by atoms with E-state index >= 15 is 0 Å². The summed E-state index contributed by atoms with van der Waals surface area (Å²) in [5.74, 6) is -0.225. The predicted octanol–water partition coefficient (Wildman–Crippen LogP) is 3.27. The molecule has 2 N–H and O–H groups in total. The average Bonchev–Trinajstić information content (AvgIpc) is 2.47. The minimum absolute atomic E-state index is 0.0284. The van der Waals surface area contributed by atoms with Gasteiger partial charge in [-0.2, -0.15) is 0 Å². The van der Waals surface area contributed by atoms with Crippen LogP contribution in [-0.2, 0) is 16.0 Å². The summed E-state index contributed by atoms with van der Waals surface area (Å²) in [7, 11) is 0. The molecule has 0 heterocycles. The third-order valence-corrected chi connectivity index (χ3v) is 3.87. The van der Waals surface area contributed by atoms with E-state index in [2.05, 4.69) is 26.6 Å². The van der Waals surface area contributed by atoms with Gasteiger partial charge in [-0.05, 0) is 43.9 Å². The maximum absolute atomic E-state index is 12.4. The average molecular weight is 385 g/mol. The van der Waals surface area contributed by atoms with E-state index in [-0.39, 0.29) is 24.5 Å². The number of hydrogen-bond donors (Lipinski definition) is 2. The Hall–Kier alpha value is -1.56. The van der Waals surface area contributed by atoms with Crippen molar-refractivity contribution in [3.63, 3.8) is 0 Å². The number of rotatable bonds is 7. The maximum atomic E-state index is 12.4. The Balaban J connectivity index is 2.59. The zero-order valence-corrected chi connectivity index (χ0v) is 15.6. The van der Waals surface area contributed by atoms with Crippen LogP contribution >= 0.6 is 15.9 Å². The topological polar surface area (TPSA) is 67.4 Å². The molecular formula is C17H25BrN2O3. The lowest BCUT2D eigenvalue weighted by atomic mass is 10.0. The first-order valence-corrected chi connectivity index (χ1v) is 8.60. The van der Waals surface area contributed by atoms with Crippen LogP contribution in [0.15, 0.2) is 28.7 Å². The molecule has 23 heavy (non-hydrogen) atoms. The summed E-state index contributed by atoms with van der Waals surface area (Å²) >= 11 is 3.40. The summed E-state index contributed by atoms with van der Waals surface area (Å²) in [4.78, 5) is 23.9. The second-order valence-electron chi connectivity index (χ2n) is 5.83. The monoisotopic (exact) mass is 384 g/mol. The van der Waals surface area contributed by atoms with Crippen LogP contribution in [-0.4, -0.2) is 30.7 Å². The maximum Gasteiger partial charge on any atom is 0.407 e. The predicted molar refractivity (Wildman–Crippen MR) is 94.2 cm³/mol. The van der Waals surface area contributed by atoms with Crippen molar-refractivity contribution in [2.24, 2.45) is 5.92 Å². The number of amides is 2. The number of halogens is 1. The van der Waals surface area contributed by atoms with Crippen molar-refractivity contribution < 1.29 is 14.3 Å². The van der Waals surface area contributed by atoms with Crippen LogP contribution in [0.3, 0.4) is 0 Å². The number of nitrogens with one attached hydrogen (secondary N) is 2. The molecule has 2 atom stereocenters. The van der Waals surface area contributed by atoms with Gasteiger partial charge in [0.05, 0.1) is 6.61 Å². The van der Waals surface area contributed by atoms with Crippen LogP contribution < -0.4 is 10.6 Å². The summed E-state index contributed by atoms with van der Waals surface area (Å²) < 4.78 is 5.87. The summed E-state index contributed by atoms with van der Waals surface area (Å²) in [6.07, 6.45) is 0.158. The molecule has 6 heteroatoms. The molecule has 0 radical (unpaired) electrons. The molecular weight excluding hydrogens is 360 g/mol. The second kappa shape index (κ2) is 9.55. The highest BCUT2D eigenvalue weighted by Gasteiger charge is 2.25. The first kappa shape index (κ1) is 19.5. The highest BCUT2D eigenvalue weighted by Crippen LogP contribution is 2.12. The Morgan fingerprint density at radius 3 is 2.26 bits per heavy atom. The normalized spacial score (nSPS) is 13.3. The van der Waals surface area contributed by atoms with Crippen molar-refractivity contribution in [1.29, 1.82) is 0 Å². The van der Waals surface area contributed by atoms with Crippen molar-refractivity contribution in [3.8, 4) is 0 Å². The summed E-state index contributed by atoms with van der Waals surface area (Å²) in [5, 5.41) is 5.57. The zero-order chi connectivity index (χ0) is 17.4. The summed E-state index contributed by atoms with van der Waals surface area (Å²) in [6.45, 7) is 7.72. The van der Waals surface area contributed by atoms with Crippen molar-refractivity contribution in [3.05, 3.63) is 34.3 Å². The molecule has 0 aliphatic carbocycles. The van der Waals surface area contributed by atoms with Crippen LogP contribution in [0.4, 0.5) is 4.79 Å². The Morgan fingerprint density at radius 1 is 1.13 bits per heavy atom. The molecule has 2 unspecified atom stereocenters. The Kier molecular flexibility index (Phi) is 8.09. The largest absolute Gasteiger partial charge is 0.450 e. The molecule has 2 amide bonds. The van der Waals surface area contributed by atoms with Gasteiger partial charge in [-0.1, -0.05) is 41.9 Å². The van der Waals surface area contributed by atoms with E-state index < -0.39 is 12.1 Å². The molecule has 0 aliphatic heterocycles. The Labute approximate surface area is 146 Å². The number of carbonyl (C=O) groups is 2. The fourth-order valence-electron chi connectivity index (χ4n) is 2.19. The van der Waals surface area contributed by atoms with Gasteiger partial charge in [0.15, 0.2) is 0 Å². The fourth-order valence-corrected chi connectivity index (χ4v) is 2.46. The molecule has 1 rings (SSSR count). The number of hydrogen-bond acceptors (Lipinski definition) is 3. The van der Waals surface area contributed by atoms with Gasteiger partial charge in [-0.25, -0.2) is 4.79 Å². The van der Waals surface area contributed by atoms with Crippen LogP contribution in [0.5, 0.6) is 0 Å². The van der Waals surface area contributed by atoms with Gasteiger partial charge in [-0.3, -0.25) is 4.79 Å². The van der Waals surface area contributed by atoms with E-state index in [1.807, 2.05) is 45.0 Å². The van der Waals surface area contributed by atoms with Gasteiger partial charge in [0.2, 0.25) is 5.91 Å². The van der Waals surface area contributed by atoms with Crippen LogP contribution in [0.25, 0.3) is 0 Å². The number of carbonyl (C=O) groups excluding carboxylic acids is 2. The fraction of sp³-hybridized carbons (Fsp3) is 0.529. The molecule has 0 aromatic heterocycles. The molecule has 0 saturated carbocycles. The van der Waals surface area contributed by atoms with E-state index in [4.69, 9.17) is 4.74 Å². The van der Waals surface area contributed by atoms with E-state index in [0.29, 0.717) is 0 Å². The molecule has 0 bridgehead atoms. The summed E-state index contributed by atoms with van der Waals surface area (Å²) in [5.41, 5.74) is 1.14. The SMILES string of the molecule is CCOC(=O)NC(C(=O)NC(C)Cc1ccc(Br)cc1)C(C)C. The van der Waals surface area contributed by atoms with Gasteiger partial charge in [0, 0.05) is 10.5 Å². The standard InChI is InChI=1S/C17H25BrN2O3/c1-5-23-17(22)20-15(11(2)3)16(21)19-12(4)10-13-6-8-14(18)9-7-13/h6-9,11-12,15H,5,10H2,1-4H3,(H,19,21)(H,20,22). The van der Waals surface area contributed by atoms with Crippen molar-refractivity contribution in [1.82, 2.24) is 10.6 Å². The zero-order valence-electron chi connectivity index (χ0n) is 14.1. The lowest BCUT2D eigenvalue weighted by Gasteiger charge is -2.23. The number of ether oxygens (including phenoxy) is 1. The molecule has 0 aliphatic rings. The lowest BCUT2D eigenvalue weighted by molar-refractivity contribution is -0.124. The van der Waals surface area contributed by atoms with Gasteiger partial charge in [0.25, 0.3) is 0 Å². The third kappa shape index (κ3) is 7.03. The molecule has 128 valence electrons. The molecule has 5 nitrogen and oxygen atoms in total.